The molecule has 0 amide bonds. The maximum atomic E-state index is 9.33. The minimum absolute atomic E-state index is 0.193. The van der Waals surface area contributed by atoms with Crippen molar-refractivity contribution in [1.29, 1.82) is 0 Å². The fourth-order valence-electron chi connectivity index (χ4n) is 2.43. The van der Waals surface area contributed by atoms with E-state index in [1.54, 1.807) is 0 Å². The van der Waals surface area contributed by atoms with E-state index in [1.165, 1.54) is 5.56 Å². The topological polar surface area (TPSA) is 32.7 Å². The average molecular weight is 247 g/mol. The highest BCUT2D eigenvalue weighted by atomic mass is 16.5. The molecule has 1 heterocycles. The first kappa shape index (κ1) is 13.3. The maximum Gasteiger partial charge on any atom is 0.0722 e. The fraction of sp³-hybridized carbons (Fsp3) is 0.467. The lowest BCUT2D eigenvalue weighted by molar-refractivity contribution is 0.0472. The van der Waals surface area contributed by atoms with Gasteiger partial charge in [-0.1, -0.05) is 36.4 Å². The van der Waals surface area contributed by atoms with Crippen molar-refractivity contribution < 1.29 is 9.84 Å². The number of hydrogen-bond acceptors (Lipinski definition) is 3. The van der Waals surface area contributed by atoms with Crippen LogP contribution in [0.4, 0.5) is 0 Å². The van der Waals surface area contributed by atoms with Crippen LogP contribution in [0.2, 0.25) is 0 Å². The first-order valence-electron chi connectivity index (χ1n) is 6.44. The third kappa shape index (κ3) is 3.42. The largest absolute Gasteiger partial charge is 0.395 e. The molecule has 1 unspecified atom stereocenters. The van der Waals surface area contributed by atoms with E-state index in [-0.39, 0.29) is 18.8 Å². The minimum atomic E-state index is 0.193. The smallest absolute Gasteiger partial charge is 0.0722 e. The van der Waals surface area contributed by atoms with Gasteiger partial charge in [0.1, 0.15) is 0 Å². The molecule has 0 aromatic heterocycles. The van der Waals surface area contributed by atoms with Crippen LogP contribution in [0.3, 0.4) is 0 Å². The van der Waals surface area contributed by atoms with Crippen molar-refractivity contribution in [3.63, 3.8) is 0 Å². The van der Waals surface area contributed by atoms with Gasteiger partial charge in [-0.3, -0.25) is 4.90 Å². The Balaban J connectivity index is 1.82. The molecule has 1 fully saturated rings. The van der Waals surface area contributed by atoms with Crippen LogP contribution in [0, 0.1) is 0 Å². The van der Waals surface area contributed by atoms with Crippen LogP contribution in [0.5, 0.6) is 0 Å². The van der Waals surface area contributed by atoms with E-state index in [9.17, 15) is 5.11 Å². The van der Waals surface area contributed by atoms with Crippen molar-refractivity contribution in [1.82, 2.24) is 4.90 Å². The molecule has 2 atom stereocenters. The molecule has 0 saturated carbocycles. The van der Waals surface area contributed by atoms with Gasteiger partial charge < -0.3 is 9.84 Å². The average Bonchev–Trinajstić information content (AvgIpc) is 2.80. The molecule has 0 aliphatic carbocycles. The SMILES string of the molecule is C=CCN1C[C@H](OCc2ccccc2)CC1CO. The van der Waals surface area contributed by atoms with Gasteiger partial charge in [0.25, 0.3) is 0 Å². The summed E-state index contributed by atoms with van der Waals surface area (Å²) in [6, 6.07) is 10.4. The zero-order valence-electron chi connectivity index (χ0n) is 10.7. The lowest BCUT2D eigenvalue weighted by Gasteiger charge is -2.19. The number of aliphatic hydroxyl groups is 1. The van der Waals surface area contributed by atoms with Crippen LogP contribution in [-0.2, 0) is 11.3 Å². The van der Waals surface area contributed by atoms with Crippen LogP contribution >= 0.6 is 0 Å². The molecule has 98 valence electrons. The summed E-state index contributed by atoms with van der Waals surface area (Å²) < 4.78 is 5.91. The third-order valence-electron chi connectivity index (χ3n) is 3.39. The standard InChI is InChI=1S/C15H21NO2/c1-2-8-16-10-15(9-14(16)11-17)18-12-13-6-4-3-5-7-13/h2-7,14-15,17H,1,8-12H2/t14?,15-/m1/s1. The van der Waals surface area contributed by atoms with Gasteiger partial charge >= 0.3 is 0 Å². The van der Waals surface area contributed by atoms with Gasteiger partial charge in [0.2, 0.25) is 0 Å². The monoisotopic (exact) mass is 247 g/mol. The Bertz CT molecular complexity index is 366. The Morgan fingerprint density at radius 1 is 1.39 bits per heavy atom. The summed E-state index contributed by atoms with van der Waals surface area (Å²) in [6.45, 7) is 6.28. The second kappa shape index (κ2) is 6.69. The highest BCUT2D eigenvalue weighted by Crippen LogP contribution is 2.20. The summed E-state index contributed by atoms with van der Waals surface area (Å²) in [6.07, 6.45) is 2.99. The van der Waals surface area contributed by atoms with Gasteiger partial charge in [-0.2, -0.15) is 0 Å². The summed E-state index contributed by atoms with van der Waals surface area (Å²) in [5.74, 6) is 0. The first-order valence-corrected chi connectivity index (χ1v) is 6.44. The Morgan fingerprint density at radius 3 is 2.83 bits per heavy atom. The van der Waals surface area contributed by atoms with Gasteiger partial charge in [-0.25, -0.2) is 0 Å². The molecule has 0 bridgehead atoms. The van der Waals surface area contributed by atoms with Crippen LogP contribution in [0.25, 0.3) is 0 Å². The number of ether oxygens (including phenoxy) is 1. The first-order chi connectivity index (χ1) is 8.83. The summed E-state index contributed by atoms with van der Waals surface area (Å²) in [4.78, 5) is 2.22. The molecule has 2 rings (SSSR count). The van der Waals surface area contributed by atoms with E-state index in [1.807, 2.05) is 24.3 Å². The number of likely N-dealkylation sites (tertiary alicyclic amines) is 1. The van der Waals surface area contributed by atoms with Gasteiger partial charge in [0.15, 0.2) is 0 Å². The molecule has 1 aliphatic rings. The highest BCUT2D eigenvalue weighted by Gasteiger charge is 2.31. The van der Waals surface area contributed by atoms with Gasteiger partial charge in [0, 0.05) is 19.1 Å². The molecule has 3 heteroatoms. The van der Waals surface area contributed by atoms with Crippen molar-refractivity contribution >= 4 is 0 Å². The van der Waals surface area contributed by atoms with E-state index in [2.05, 4.69) is 23.6 Å². The Morgan fingerprint density at radius 2 is 2.17 bits per heavy atom. The molecule has 0 radical (unpaired) electrons. The van der Waals surface area contributed by atoms with Gasteiger partial charge in [-0.05, 0) is 12.0 Å². The minimum Gasteiger partial charge on any atom is -0.395 e. The van der Waals surface area contributed by atoms with Crippen molar-refractivity contribution in [3.05, 3.63) is 48.6 Å². The molecule has 18 heavy (non-hydrogen) atoms. The maximum absolute atomic E-state index is 9.33. The van der Waals surface area contributed by atoms with Crippen molar-refractivity contribution in [2.24, 2.45) is 0 Å². The molecular formula is C15H21NO2. The molecule has 1 aliphatic heterocycles. The van der Waals surface area contributed by atoms with Crippen molar-refractivity contribution in [2.75, 3.05) is 19.7 Å². The zero-order chi connectivity index (χ0) is 12.8. The lowest BCUT2D eigenvalue weighted by Crippen LogP contribution is -2.32. The molecule has 1 N–H and O–H groups in total. The number of aliphatic hydroxyl groups excluding tert-OH is 1. The summed E-state index contributed by atoms with van der Waals surface area (Å²) in [5.41, 5.74) is 1.19. The Hall–Kier alpha value is -1.16. The summed E-state index contributed by atoms with van der Waals surface area (Å²) >= 11 is 0. The number of benzene rings is 1. The molecule has 1 aromatic rings. The molecule has 0 spiro atoms. The number of rotatable bonds is 6. The quantitative estimate of drug-likeness (QED) is 0.778. The normalized spacial score (nSPS) is 24.3. The highest BCUT2D eigenvalue weighted by molar-refractivity contribution is 5.13. The van der Waals surface area contributed by atoms with E-state index in [0.29, 0.717) is 6.61 Å². The molecule has 3 nitrogen and oxygen atoms in total. The summed E-state index contributed by atoms with van der Waals surface area (Å²) in [5, 5.41) is 9.33. The summed E-state index contributed by atoms with van der Waals surface area (Å²) in [7, 11) is 0. The molecule has 1 saturated heterocycles. The second-order valence-electron chi connectivity index (χ2n) is 4.73. The fourth-order valence-corrected chi connectivity index (χ4v) is 2.43. The van der Waals surface area contributed by atoms with Gasteiger partial charge in [0.05, 0.1) is 19.3 Å². The Kier molecular flexibility index (Phi) is 4.93. The van der Waals surface area contributed by atoms with Crippen molar-refractivity contribution in [3.8, 4) is 0 Å². The van der Waals surface area contributed by atoms with Crippen LogP contribution in [0.15, 0.2) is 43.0 Å². The van der Waals surface area contributed by atoms with E-state index in [4.69, 9.17) is 4.74 Å². The zero-order valence-corrected chi connectivity index (χ0v) is 10.7. The Labute approximate surface area is 109 Å². The van der Waals surface area contributed by atoms with Crippen molar-refractivity contribution in [2.45, 2.75) is 25.2 Å². The van der Waals surface area contributed by atoms with E-state index >= 15 is 0 Å². The predicted molar refractivity (Wildman–Crippen MR) is 72.3 cm³/mol. The van der Waals surface area contributed by atoms with Crippen LogP contribution in [-0.4, -0.2) is 41.8 Å². The van der Waals surface area contributed by atoms with E-state index in [0.717, 1.165) is 19.5 Å². The number of nitrogens with zero attached hydrogens (tertiary/aromatic N) is 1. The van der Waals surface area contributed by atoms with E-state index < -0.39 is 0 Å². The molecular weight excluding hydrogens is 226 g/mol. The second-order valence-corrected chi connectivity index (χ2v) is 4.73. The lowest BCUT2D eigenvalue weighted by atomic mass is 10.2. The predicted octanol–water partition coefficient (Wildman–Crippen LogP) is 1.82. The molecule has 1 aromatic carbocycles. The van der Waals surface area contributed by atoms with Crippen LogP contribution < -0.4 is 0 Å². The van der Waals surface area contributed by atoms with Crippen LogP contribution in [0.1, 0.15) is 12.0 Å². The van der Waals surface area contributed by atoms with Gasteiger partial charge in [-0.15, -0.1) is 6.58 Å². The number of hydrogen-bond donors (Lipinski definition) is 1. The third-order valence-corrected chi connectivity index (χ3v) is 3.39.